The normalized spacial score (nSPS) is 11.1. The van der Waals surface area contributed by atoms with Crippen LogP contribution in [0.4, 0.5) is 4.39 Å². The van der Waals surface area contributed by atoms with Crippen LogP contribution in [-0.2, 0) is 0 Å². The Morgan fingerprint density at radius 3 is 2.39 bits per heavy atom. The number of rotatable bonds is 2. The van der Waals surface area contributed by atoms with Gasteiger partial charge in [-0.15, -0.1) is 0 Å². The van der Waals surface area contributed by atoms with Gasteiger partial charge < -0.3 is 0 Å². The molecular weight excluding hydrogens is 225 g/mol. The highest BCUT2D eigenvalue weighted by Gasteiger charge is 2.07. The van der Waals surface area contributed by atoms with Gasteiger partial charge in [-0.1, -0.05) is 36.4 Å². The van der Waals surface area contributed by atoms with Crippen LogP contribution in [0.3, 0.4) is 0 Å². The molecule has 0 N–H and O–H groups in total. The molecule has 0 bridgehead atoms. The van der Waals surface area contributed by atoms with Gasteiger partial charge >= 0.3 is 0 Å². The van der Waals surface area contributed by atoms with Crippen molar-refractivity contribution in [1.29, 1.82) is 5.26 Å². The Labute approximate surface area is 106 Å². The highest BCUT2D eigenvalue weighted by molar-refractivity contribution is 5.82. The fraction of sp³-hybridized carbons (Fsp3) is 0.0625. The predicted octanol–water partition coefficient (Wildman–Crippen LogP) is 4.09. The first-order chi connectivity index (χ1) is 8.72. The summed E-state index contributed by atoms with van der Waals surface area (Å²) in [6, 6.07) is 16.1. The largest absolute Gasteiger partial charge is 0.207 e. The van der Waals surface area contributed by atoms with Crippen molar-refractivity contribution < 1.29 is 4.39 Å². The number of benzene rings is 2. The van der Waals surface area contributed by atoms with E-state index in [9.17, 15) is 4.39 Å². The van der Waals surface area contributed by atoms with Crippen LogP contribution in [0.25, 0.3) is 5.57 Å². The Morgan fingerprint density at radius 1 is 1.11 bits per heavy atom. The lowest BCUT2D eigenvalue weighted by atomic mass is 9.94. The monoisotopic (exact) mass is 237 g/mol. The third kappa shape index (κ3) is 2.46. The number of allylic oxidation sites excluding steroid dienone is 1. The van der Waals surface area contributed by atoms with Gasteiger partial charge in [0.25, 0.3) is 0 Å². The molecule has 88 valence electrons. The van der Waals surface area contributed by atoms with Crippen molar-refractivity contribution >= 4 is 5.57 Å². The van der Waals surface area contributed by atoms with Crippen LogP contribution >= 0.6 is 0 Å². The number of nitrogens with zero attached hydrogens (tertiary/aromatic N) is 1. The summed E-state index contributed by atoms with van der Waals surface area (Å²) >= 11 is 0. The number of hydrogen-bond donors (Lipinski definition) is 0. The van der Waals surface area contributed by atoms with Crippen molar-refractivity contribution in [3.8, 4) is 6.07 Å². The maximum absolute atomic E-state index is 12.9. The van der Waals surface area contributed by atoms with E-state index >= 15 is 0 Å². The van der Waals surface area contributed by atoms with Gasteiger partial charge in [0.15, 0.2) is 0 Å². The molecule has 0 fully saturated rings. The van der Waals surface area contributed by atoms with E-state index in [0.29, 0.717) is 0 Å². The summed E-state index contributed by atoms with van der Waals surface area (Å²) in [5.41, 5.74) is 3.73. The summed E-state index contributed by atoms with van der Waals surface area (Å²) in [6.45, 7) is 1.99. The third-order valence-electron chi connectivity index (χ3n) is 2.80. The minimum Gasteiger partial charge on any atom is -0.207 e. The van der Waals surface area contributed by atoms with Gasteiger partial charge in [-0.05, 0) is 41.3 Å². The van der Waals surface area contributed by atoms with Crippen LogP contribution < -0.4 is 0 Å². The lowest BCUT2D eigenvalue weighted by Gasteiger charge is -2.10. The molecule has 2 rings (SSSR count). The SMILES string of the molecule is Cc1ccccc1/C(=C\C#N)c1ccc(F)cc1. The Bertz CT molecular complexity index is 618. The van der Waals surface area contributed by atoms with Crippen molar-refractivity contribution in [3.05, 3.63) is 77.1 Å². The minimum absolute atomic E-state index is 0.278. The highest BCUT2D eigenvalue weighted by Crippen LogP contribution is 2.25. The van der Waals surface area contributed by atoms with Crippen molar-refractivity contribution in [2.45, 2.75) is 6.92 Å². The van der Waals surface area contributed by atoms with E-state index in [0.717, 1.165) is 22.3 Å². The topological polar surface area (TPSA) is 23.8 Å². The van der Waals surface area contributed by atoms with Crippen molar-refractivity contribution in [1.82, 2.24) is 0 Å². The highest BCUT2D eigenvalue weighted by atomic mass is 19.1. The summed E-state index contributed by atoms with van der Waals surface area (Å²) in [5, 5.41) is 8.90. The molecule has 0 aromatic heterocycles. The fourth-order valence-electron chi connectivity index (χ4n) is 1.89. The van der Waals surface area contributed by atoms with Crippen LogP contribution in [0, 0.1) is 24.1 Å². The van der Waals surface area contributed by atoms with E-state index in [1.54, 1.807) is 12.1 Å². The number of halogens is 1. The zero-order valence-electron chi connectivity index (χ0n) is 10.0. The predicted molar refractivity (Wildman–Crippen MR) is 70.3 cm³/mol. The van der Waals surface area contributed by atoms with Crippen LogP contribution in [0.5, 0.6) is 0 Å². The molecular formula is C16H12FN. The van der Waals surface area contributed by atoms with Gasteiger partial charge in [0.2, 0.25) is 0 Å². The molecule has 2 aromatic rings. The second-order valence-electron chi connectivity index (χ2n) is 4.01. The third-order valence-corrected chi connectivity index (χ3v) is 2.80. The van der Waals surface area contributed by atoms with Crippen LogP contribution in [0.2, 0.25) is 0 Å². The number of aryl methyl sites for hydroxylation is 1. The van der Waals surface area contributed by atoms with Gasteiger partial charge in [-0.3, -0.25) is 0 Å². The Morgan fingerprint density at radius 2 is 1.78 bits per heavy atom. The number of nitriles is 1. The minimum atomic E-state index is -0.278. The van der Waals surface area contributed by atoms with Crippen molar-refractivity contribution in [2.24, 2.45) is 0 Å². The average Bonchev–Trinajstić information content (AvgIpc) is 2.38. The van der Waals surface area contributed by atoms with Crippen LogP contribution in [0.15, 0.2) is 54.6 Å². The smallest absolute Gasteiger partial charge is 0.123 e. The van der Waals surface area contributed by atoms with Gasteiger partial charge in [-0.2, -0.15) is 5.26 Å². The Hall–Kier alpha value is -2.40. The first-order valence-electron chi connectivity index (χ1n) is 5.64. The molecule has 0 radical (unpaired) electrons. The Balaban J connectivity index is 2.55. The summed E-state index contributed by atoms with van der Waals surface area (Å²) < 4.78 is 12.9. The molecule has 0 aliphatic carbocycles. The van der Waals surface area contributed by atoms with E-state index in [-0.39, 0.29) is 5.82 Å². The van der Waals surface area contributed by atoms with E-state index in [1.807, 2.05) is 31.2 Å². The summed E-state index contributed by atoms with van der Waals surface area (Å²) in [6.07, 6.45) is 1.50. The van der Waals surface area contributed by atoms with Gasteiger partial charge in [0.05, 0.1) is 6.07 Å². The van der Waals surface area contributed by atoms with Crippen molar-refractivity contribution in [3.63, 3.8) is 0 Å². The molecule has 18 heavy (non-hydrogen) atoms. The van der Waals surface area contributed by atoms with E-state index in [4.69, 9.17) is 5.26 Å². The molecule has 2 aromatic carbocycles. The molecule has 0 aliphatic heterocycles. The quantitative estimate of drug-likeness (QED) is 0.722. The average molecular weight is 237 g/mol. The van der Waals surface area contributed by atoms with Gasteiger partial charge in [0, 0.05) is 6.08 Å². The maximum atomic E-state index is 12.9. The summed E-state index contributed by atoms with van der Waals surface area (Å²) in [4.78, 5) is 0. The van der Waals surface area contributed by atoms with E-state index in [1.165, 1.54) is 18.2 Å². The molecule has 0 spiro atoms. The first kappa shape index (κ1) is 12.1. The zero-order valence-corrected chi connectivity index (χ0v) is 10.0. The zero-order chi connectivity index (χ0) is 13.0. The molecule has 0 amide bonds. The molecule has 0 unspecified atom stereocenters. The van der Waals surface area contributed by atoms with Gasteiger partial charge in [-0.25, -0.2) is 4.39 Å². The second kappa shape index (κ2) is 5.29. The van der Waals surface area contributed by atoms with Crippen LogP contribution in [-0.4, -0.2) is 0 Å². The van der Waals surface area contributed by atoms with E-state index < -0.39 is 0 Å². The summed E-state index contributed by atoms with van der Waals surface area (Å²) in [7, 11) is 0. The first-order valence-corrected chi connectivity index (χ1v) is 5.64. The second-order valence-corrected chi connectivity index (χ2v) is 4.01. The molecule has 0 saturated heterocycles. The maximum Gasteiger partial charge on any atom is 0.123 e. The Kier molecular flexibility index (Phi) is 3.54. The van der Waals surface area contributed by atoms with Crippen LogP contribution in [0.1, 0.15) is 16.7 Å². The van der Waals surface area contributed by atoms with Crippen molar-refractivity contribution in [2.75, 3.05) is 0 Å². The molecule has 0 heterocycles. The molecule has 0 aliphatic rings. The standard InChI is InChI=1S/C16H12FN/c1-12-4-2-3-5-15(12)16(10-11-18)13-6-8-14(17)9-7-13/h2-10H,1H3/b16-10-. The molecule has 0 saturated carbocycles. The molecule has 1 nitrogen and oxygen atoms in total. The molecule has 0 atom stereocenters. The lowest BCUT2D eigenvalue weighted by Crippen LogP contribution is -1.91. The summed E-state index contributed by atoms with van der Waals surface area (Å²) in [5.74, 6) is -0.278. The van der Waals surface area contributed by atoms with E-state index in [2.05, 4.69) is 6.07 Å². The van der Waals surface area contributed by atoms with Gasteiger partial charge in [0.1, 0.15) is 5.82 Å². The number of hydrogen-bond acceptors (Lipinski definition) is 1. The molecule has 2 heteroatoms. The fourth-order valence-corrected chi connectivity index (χ4v) is 1.89. The lowest BCUT2D eigenvalue weighted by molar-refractivity contribution is 0.627.